The van der Waals surface area contributed by atoms with Gasteiger partial charge >= 0.3 is 0 Å². The zero-order chi connectivity index (χ0) is 10.8. The minimum atomic E-state index is -0.448. The van der Waals surface area contributed by atoms with E-state index in [4.69, 9.17) is 4.42 Å². The van der Waals surface area contributed by atoms with Crippen LogP contribution in [0.15, 0.2) is 22.8 Å². The quantitative estimate of drug-likeness (QED) is 0.843. The summed E-state index contributed by atoms with van der Waals surface area (Å²) < 4.78 is 31.4. The second-order valence-corrected chi connectivity index (χ2v) is 3.38. The van der Waals surface area contributed by atoms with Crippen molar-refractivity contribution in [3.63, 3.8) is 0 Å². The van der Waals surface area contributed by atoms with E-state index in [-0.39, 0.29) is 11.4 Å². The summed E-state index contributed by atoms with van der Waals surface area (Å²) in [6.07, 6.45) is 1.52. The molecule has 0 fully saturated rings. The van der Waals surface area contributed by atoms with Crippen molar-refractivity contribution in [2.24, 2.45) is 0 Å². The van der Waals surface area contributed by atoms with Crippen LogP contribution in [0.4, 0.5) is 8.78 Å². The first-order chi connectivity index (χ1) is 7.22. The molecule has 80 valence electrons. The number of halogens is 2. The average molecular weight is 211 g/mol. The third-order valence-corrected chi connectivity index (χ3v) is 2.34. The summed E-state index contributed by atoms with van der Waals surface area (Å²) in [7, 11) is 1.79. The van der Waals surface area contributed by atoms with Crippen molar-refractivity contribution in [1.29, 1.82) is 0 Å². The Morgan fingerprint density at radius 1 is 1.27 bits per heavy atom. The molecule has 0 saturated heterocycles. The lowest BCUT2D eigenvalue weighted by atomic mass is 10.1. The number of hydrogen-bond donors (Lipinski definition) is 1. The second kappa shape index (κ2) is 3.98. The highest BCUT2D eigenvalue weighted by molar-refractivity contribution is 5.78. The molecule has 4 heteroatoms. The van der Waals surface area contributed by atoms with Crippen molar-refractivity contribution in [2.45, 2.75) is 6.42 Å². The number of fused-ring (bicyclic) bond motifs is 1. The van der Waals surface area contributed by atoms with Gasteiger partial charge in [0, 0.05) is 6.07 Å². The van der Waals surface area contributed by atoms with E-state index in [2.05, 4.69) is 5.32 Å². The molecule has 0 aliphatic carbocycles. The van der Waals surface area contributed by atoms with Crippen LogP contribution in [0.25, 0.3) is 11.0 Å². The van der Waals surface area contributed by atoms with Gasteiger partial charge in [0.25, 0.3) is 0 Å². The van der Waals surface area contributed by atoms with Gasteiger partial charge in [0.05, 0.1) is 5.39 Å². The SMILES string of the molecule is CNCCc1cc2c(F)coc2cc1F. The van der Waals surface area contributed by atoms with Gasteiger partial charge in [-0.15, -0.1) is 0 Å². The molecule has 1 aromatic carbocycles. The molecule has 0 atom stereocenters. The molecule has 0 aliphatic rings. The Morgan fingerprint density at radius 3 is 2.80 bits per heavy atom. The first-order valence-electron chi connectivity index (χ1n) is 4.72. The maximum absolute atomic E-state index is 13.4. The molecule has 1 heterocycles. The summed E-state index contributed by atoms with van der Waals surface area (Å²) in [4.78, 5) is 0. The van der Waals surface area contributed by atoms with E-state index in [1.807, 2.05) is 0 Å². The van der Waals surface area contributed by atoms with Crippen molar-refractivity contribution in [1.82, 2.24) is 5.32 Å². The Hall–Kier alpha value is -1.42. The molecule has 2 nitrogen and oxygen atoms in total. The van der Waals surface area contributed by atoms with Crippen molar-refractivity contribution >= 4 is 11.0 Å². The summed E-state index contributed by atoms with van der Waals surface area (Å²) >= 11 is 0. The minimum Gasteiger partial charge on any atom is -0.461 e. The summed E-state index contributed by atoms with van der Waals surface area (Å²) in [5, 5.41) is 3.25. The highest BCUT2D eigenvalue weighted by atomic mass is 19.1. The lowest BCUT2D eigenvalue weighted by Gasteiger charge is -2.02. The third-order valence-electron chi connectivity index (χ3n) is 2.34. The Kier molecular flexibility index (Phi) is 2.68. The van der Waals surface area contributed by atoms with Crippen molar-refractivity contribution < 1.29 is 13.2 Å². The highest BCUT2D eigenvalue weighted by Gasteiger charge is 2.10. The van der Waals surface area contributed by atoms with Gasteiger partial charge in [0.2, 0.25) is 0 Å². The number of furan rings is 1. The van der Waals surface area contributed by atoms with Crippen LogP contribution in [0.5, 0.6) is 0 Å². The van der Waals surface area contributed by atoms with Gasteiger partial charge < -0.3 is 9.73 Å². The number of hydrogen-bond acceptors (Lipinski definition) is 2. The van der Waals surface area contributed by atoms with Gasteiger partial charge in [0.15, 0.2) is 5.82 Å². The Labute approximate surface area is 85.9 Å². The molecular weight excluding hydrogens is 200 g/mol. The predicted octanol–water partition coefficient (Wildman–Crippen LogP) is 2.47. The maximum atomic E-state index is 13.4. The molecule has 0 unspecified atom stereocenters. The van der Waals surface area contributed by atoms with Crippen LogP contribution in [-0.4, -0.2) is 13.6 Å². The minimum absolute atomic E-state index is 0.248. The third kappa shape index (κ3) is 1.85. The molecule has 2 aromatic rings. The largest absolute Gasteiger partial charge is 0.461 e. The van der Waals surface area contributed by atoms with Crippen LogP contribution in [0.3, 0.4) is 0 Å². The van der Waals surface area contributed by atoms with Gasteiger partial charge in [-0.1, -0.05) is 0 Å². The standard InChI is InChI=1S/C11H11F2NO/c1-14-3-2-7-4-8-10(13)6-15-11(8)5-9(7)12/h4-6,14H,2-3H2,1H3. The maximum Gasteiger partial charge on any atom is 0.169 e. The fourth-order valence-electron chi connectivity index (χ4n) is 1.51. The molecule has 2 rings (SSSR count). The molecule has 0 aliphatic heterocycles. The molecule has 15 heavy (non-hydrogen) atoms. The molecule has 1 aromatic heterocycles. The molecule has 0 amide bonds. The van der Waals surface area contributed by atoms with Crippen LogP contribution in [-0.2, 0) is 6.42 Å². The van der Waals surface area contributed by atoms with Gasteiger partial charge in [-0.3, -0.25) is 0 Å². The molecular formula is C11H11F2NO. The number of likely N-dealkylation sites (N-methyl/N-ethyl adjacent to an activating group) is 1. The zero-order valence-electron chi connectivity index (χ0n) is 8.31. The van der Waals surface area contributed by atoms with Gasteiger partial charge in [0.1, 0.15) is 17.7 Å². The van der Waals surface area contributed by atoms with E-state index >= 15 is 0 Å². The van der Waals surface area contributed by atoms with Gasteiger partial charge in [-0.25, -0.2) is 8.78 Å². The second-order valence-electron chi connectivity index (χ2n) is 3.38. The lowest BCUT2D eigenvalue weighted by Crippen LogP contribution is -2.11. The van der Waals surface area contributed by atoms with Crippen LogP contribution in [0, 0.1) is 11.6 Å². The Bertz CT molecular complexity index is 479. The molecule has 0 spiro atoms. The fraction of sp³-hybridized carbons (Fsp3) is 0.273. The van der Waals surface area contributed by atoms with Gasteiger partial charge in [-0.05, 0) is 31.6 Å². The van der Waals surface area contributed by atoms with E-state index in [0.29, 0.717) is 23.9 Å². The normalized spacial score (nSPS) is 11.1. The van der Waals surface area contributed by atoms with E-state index in [1.165, 1.54) is 12.1 Å². The van der Waals surface area contributed by atoms with E-state index < -0.39 is 5.82 Å². The highest BCUT2D eigenvalue weighted by Crippen LogP contribution is 2.23. The van der Waals surface area contributed by atoms with Crippen molar-refractivity contribution in [2.75, 3.05) is 13.6 Å². The number of rotatable bonds is 3. The van der Waals surface area contributed by atoms with Crippen molar-refractivity contribution in [3.05, 3.63) is 35.6 Å². The average Bonchev–Trinajstić information content (AvgIpc) is 2.57. The van der Waals surface area contributed by atoms with Crippen LogP contribution < -0.4 is 5.32 Å². The van der Waals surface area contributed by atoms with E-state index in [0.717, 1.165) is 6.26 Å². The Balaban J connectivity index is 2.45. The van der Waals surface area contributed by atoms with Crippen LogP contribution in [0.1, 0.15) is 5.56 Å². The van der Waals surface area contributed by atoms with E-state index in [1.54, 1.807) is 7.05 Å². The molecule has 0 radical (unpaired) electrons. The summed E-state index contributed by atoms with van der Waals surface area (Å²) in [5.74, 6) is -0.803. The first-order valence-corrected chi connectivity index (χ1v) is 4.72. The lowest BCUT2D eigenvalue weighted by molar-refractivity contribution is 0.555. The topological polar surface area (TPSA) is 25.2 Å². The smallest absolute Gasteiger partial charge is 0.169 e. The monoisotopic (exact) mass is 211 g/mol. The van der Waals surface area contributed by atoms with Crippen molar-refractivity contribution in [3.8, 4) is 0 Å². The van der Waals surface area contributed by atoms with Crippen LogP contribution in [0.2, 0.25) is 0 Å². The fourth-order valence-corrected chi connectivity index (χ4v) is 1.51. The van der Waals surface area contributed by atoms with Crippen LogP contribution >= 0.6 is 0 Å². The summed E-state index contributed by atoms with van der Waals surface area (Å²) in [6.45, 7) is 0.655. The van der Waals surface area contributed by atoms with E-state index in [9.17, 15) is 8.78 Å². The zero-order valence-corrected chi connectivity index (χ0v) is 8.31. The first kappa shape index (κ1) is 10.1. The van der Waals surface area contributed by atoms with Gasteiger partial charge in [-0.2, -0.15) is 0 Å². The molecule has 1 N–H and O–H groups in total. The summed E-state index contributed by atoms with van der Waals surface area (Å²) in [6, 6.07) is 2.73. The predicted molar refractivity (Wildman–Crippen MR) is 53.8 cm³/mol. The Morgan fingerprint density at radius 2 is 2.07 bits per heavy atom. The number of benzene rings is 1. The molecule has 0 saturated carbocycles. The molecule has 0 bridgehead atoms. The summed E-state index contributed by atoms with van der Waals surface area (Å²) in [5.41, 5.74) is 0.746. The number of nitrogens with one attached hydrogen (secondary N) is 1.